The van der Waals surface area contributed by atoms with E-state index in [2.05, 4.69) is 5.32 Å². The Bertz CT molecular complexity index is 811. The molecule has 2 atom stereocenters. The van der Waals surface area contributed by atoms with Gasteiger partial charge in [-0.25, -0.2) is 4.79 Å². The van der Waals surface area contributed by atoms with Gasteiger partial charge in [-0.05, 0) is 17.2 Å². The Labute approximate surface area is 154 Å². The van der Waals surface area contributed by atoms with Gasteiger partial charge in [-0.1, -0.05) is 30.3 Å². The van der Waals surface area contributed by atoms with Gasteiger partial charge in [-0.3, -0.25) is 14.9 Å². The van der Waals surface area contributed by atoms with Crippen LogP contribution in [0.2, 0.25) is 0 Å². The van der Waals surface area contributed by atoms with Gasteiger partial charge in [0.2, 0.25) is 0 Å². The van der Waals surface area contributed by atoms with Crippen molar-refractivity contribution in [1.29, 1.82) is 0 Å². The van der Waals surface area contributed by atoms with Gasteiger partial charge in [0.25, 0.3) is 5.69 Å². The first kappa shape index (κ1) is 20.0. The third-order valence-electron chi connectivity index (χ3n) is 3.76. The number of aldehydes is 1. The van der Waals surface area contributed by atoms with Gasteiger partial charge in [-0.15, -0.1) is 0 Å². The Morgan fingerprint density at radius 2 is 1.93 bits per heavy atom. The van der Waals surface area contributed by atoms with Gasteiger partial charge < -0.3 is 20.3 Å². The number of hydrogen-bond acceptors (Lipinski definition) is 7. The number of nitro benzene ring substituents is 1. The van der Waals surface area contributed by atoms with Crippen LogP contribution in [0.4, 0.5) is 10.5 Å². The van der Waals surface area contributed by atoms with Crippen molar-refractivity contribution in [2.24, 2.45) is 0 Å². The summed E-state index contributed by atoms with van der Waals surface area (Å²) in [6, 6.07) is 12.3. The van der Waals surface area contributed by atoms with E-state index >= 15 is 0 Å². The Morgan fingerprint density at radius 3 is 2.56 bits per heavy atom. The van der Waals surface area contributed by atoms with Crippen LogP contribution in [0.3, 0.4) is 0 Å². The maximum atomic E-state index is 11.7. The molecule has 27 heavy (non-hydrogen) atoms. The Kier molecular flexibility index (Phi) is 6.98. The number of carbonyl (C=O) groups is 2. The summed E-state index contributed by atoms with van der Waals surface area (Å²) in [7, 11) is 0. The van der Waals surface area contributed by atoms with E-state index in [0.717, 1.165) is 17.7 Å². The molecule has 0 fully saturated rings. The Balaban J connectivity index is 1.91. The number of rotatable bonds is 8. The van der Waals surface area contributed by atoms with Crippen molar-refractivity contribution in [3.8, 4) is 0 Å². The molecule has 2 aromatic carbocycles. The third kappa shape index (κ3) is 5.59. The zero-order chi connectivity index (χ0) is 19.8. The van der Waals surface area contributed by atoms with E-state index in [1.165, 1.54) is 6.07 Å². The number of carbonyl (C=O) groups excluding carboxylic acids is 2. The van der Waals surface area contributed by atoms with E-state index in [4.69, 9.17) is 4.74 Å². The Hall–Kier alpha value is -3.30. The second-order valence-corrected chi connectivity index (χ2v) is 5.64. The molecule has 2 aromatic rings. The average molecular weight is 374 g/mol. The number of benzene rings is 2. The molecule has 142 valence electrons. The van der Waals surface area contributed by atoms with Crippen LogP contribution >= 0.6 is 0 Å². The lowest BCUT2D eigenvalue weighted by Gasteiger charge is -2.19. The monoisotopic (exact) mass is 374 g/mol. The van der Waals surface area contributed by atoms with Crippen molar-refractivity contribution >= 4 is 18.1 Å². The van der Waals surface area contributed by atoms with Crippen LogP contribution in [-0.2, 0) is 11.3 Å². The highest BCUT2D eigenvalue weighted by Crippen LogP contribution is 2.24. The molecule has 9 heteroatoms. The fraction of sp³-hybridized carbons (Fsp3) is 0.222. The number of ether oxygens (including phenoxy) is 1. The number of hydrogen-bond donors (Lipinski definition) is 3. The lowest BCUT2D eigenvalue weighted by atomic mass is 9.98. The topological polar surface area (TPSA) is 139 Å². The molecule has 0 saturated heterocycles. The zero-order valence-electron chi connectivity index (χ0n) is 14.1. The molecule has 0 aromatic heterocycles. The normalized spacial score (nSPS) is 12.7. The van der Waals surface area contributed by atoms with Crippen LogP contribution in [0.5, 0.6) is 0 Å². The molecule has 0 radical (unpaired) electrons. The number of aliphatic hydroxyl groups excluding tert-OH is 2. The molecule has 0 heterocycles. The minimum atomic E-state index is -1.53. The van der Waals surface area contributed by atoms with Crippen LogP contribution in [0, 0.1) is 10.1 Å². The SMILES string of the molecule is O=Cc1cc([N+](=O)[O-])ccc1C(O)C(O)CNC(=O)OCc1ccccc1. The van der Waals surface area contributed by atoms with E-state index in [9.17, 15) is 29.9 Å². The van der Waals surface area contributed by atoms with Crippen LogP contribution in [0.15, 0.2) is 48.5 Å². The molecule has 0 aliphatic rings. The second-order valence-electron chi connectivity index (χ2n) is 5.64. The van der Waals surface area contributed by atoms with Gasteiger partial charge in [0, 0.05) is 24.2 Å². The minimum absolute atomic E-state index is 0.0163. The van der Waals surface area contributed by atoms with E-state index < -0.39 is 23.2 Å². The molecule has 1 amide bonds. The van der Waals surface area contributed by atoms with Crippen molar-refractivity contribution in [1.82, 2.24) is 5.32 Å². The zero-order valence-corrected chi connectivity index (χ0v) is 14.1. The van der Waals surface area contributed by atoms with Gasteiger partial charge in [0.05, 0.1) is 4.92 Å². The van der Waals surface area contributed by atoms with Crippen molar-refractivity contribution < 1.29 is 29.5 Å². The standard InChI is InChI=1S/C18H18N2O7/c21-10-13-8-14(20(25)26)6-7-15(13)17(23)16(22)9-19-18(24)27-11-12-4-2-1-3-5-12/h1-8,10,16-17,22-23H,9,11H2,(H,19,24). The summed E-state index contributed by atoms with van der Waals surface area (Å²) >= 11 is 0. The van der Waals surface area contributed by atoms with Crippen LogP contribution in [-0.4, -0.2) is 40.2 Å². The number of nitrogens with one attached hydrogen (secondary N) is 1. The van der Waals surface area contributed by atoms with Crippen molar-refractivity contribution in [3.63, 3.8) is 0 Å². The summed E-state index contributed by atoms with van der Waals surface area (Å²) in [5.74, 6) is 0. The lowest BCUT2D eigenvalue weighted by molar-refractivity contribution is -0.384. The first-order chi connectivity index (χ1) is 12.9. The second kappa shape index (κ2) is 9.41. The predicted octanol–water partition coefficient (Wildman–Crippen LogP) is 1.73. The largest absolute Gasteiger partial charge is 0.445 e. The van der Waals surface area contributed by atoms with Crippen molar-refractivity contribution in [2.75, 3.05) is 6.54 Å². The molecule has 2 unspecified atom stereocenters. The number of non-ortho nitro benzene ring substituents is 1. The predicted molar refractivity (Wildman–Crippen MR) is 94.1 cm³/mol. The van der Waals surface area contributed by atoms with Crippen LogP contribution < -0.4 is 5.32 Å². The fourth-order valence-electron chi connectivity index (χ4n) is 2.33. The molecule has 0 bridgehead atoms. The van der Waals surface area contributed by atoms with Gasteiger partial charge in [0.15, 0.2) is 6.29 Å². The number of nitrogens with zero attached hydrogens (tertiary/aromatic N) is 1. The summed E-state index contributed by atoms with van der Waals surface area (Å²) in [5.41, 5.74) is 0.366. The number of amides is 1. The van der Waals surface area contributed by atoms with Gasteiger partial charge in [-0.2, -0.15) is 0 Å². The van der Waals surface area contributed by atoms with Crippen molar-refractivity contribution in [2.45, 2.75) is 18.8 Å². The van der Waals surface area contributed by atoms with E-state index in [1.54, 1.807) is 24.3 Å². The fourth-order valence-corrected chi connectivity index (χ4v) is 2.33. The van der Waals surface area contributed by atoms with Crippen LogP contribution in [0.1, 0.15) is 27.6 Å². The van der Waals surface area contributed by atoms with Gasteiger partial charge in [0.1, 0.15) is 18.8 Å². The van der Waals surface area contributed by atoms with E-state index in [-0.39, 0.29) is 30.0 Å². The highest BCUT2D eigenvalue weighted by atomic mass is 16.6. The van der Waals surface area contributed by atoms with E-state index in [1.807, 2.05) is 6.07 Å². The highest BCUT2D eigenvalue weighted by Gasteiger charge is 2.23. The summed E-state index contributed by atoms with van der Waals surface area (Å²) in [6.07, 6.45) is -3.42. The molecule has 2 rings (SSSR count). The smallest absolute Gasteiger partial charge is 0.407 e. The first-order valence-corrected chi connectivity index (χ1v) is 7.96. The number of nitro groups is 1. The molecule has 3 N–H and O–H groups in total. The number of aliphatic hydroxyl groups is 2. The molecular formula is C18H18N2O7. The molecule has 0 saturated carbocycles. The van der Waals surface area contributed by atoms with E-state index in [0.29, 0.717) is 6.29 Å². The molecule has 9 nitrogen and oxygen atoms in total. The number of alkyl carbamates (subject to hydrolysis) is 1. The van der Waals surface area contributed by atoms with Crippen molar-refractivity contribution in [3.05, 3.63) is 75.3 Å². The maximum Gasteiger partial charge on any atom is 0.407 e. The van der Waals surface area contributed by atoms with Gasteiger partial charge >= 0.3 is 6.09 Å². The highest BCUT2D eigenvalue weighted by molar-refractivity contribution is 5.79. The maximum absolute atomic E-state index is 11.7. The Morgan fingerprint density at radius 1 is 1.22 bits per heavy atom. The molecule has 0 aliphatic carbocycles. The summed E-state index contributed by atoms with van der Waals surface area (Å²) in [5, 5.41) is 33.3. The third-order valence-corrected chi connectivity index (χ3v) is 3.76. The van der Waals surface area contributed by atoms with Crippen LogP contribution in [0.25, 0.3) is 0 Å². The molecular weight excluding hydrogens is 356 g/mol. The average Bonchev–Trinajstić information content (AvgIpc) is 2.70. The lowest BCUT2D eigenvalue weighted by Crippen LogP contribution is -2.36. The minimum Gasteiger partial charge on any atom is -0.445 e. The summed E-state index contributed by atoms with van der Waals surface area (Å²) < 4.78 is 4.98. The first-order valence-electron chi connectivity index (χ1n) is 7.96. The molecule has 0 spiro atoms. The molecule has 0 aliphatic heterocycles. The quantitative estimate of drug-likeness (QED) is 0.363. The summed E-state index contributed by atoms with van der Waals surface area (Å²) in [4.78, 5) is 32.8. The summed E-state index contributed by atoms with van der Waals surface area (Å²) in [6.45, 7) is -0.299.